The maximum Gasteiger partial charge on any atom is 0.262 e. The normalized spacial score (nSPS) is 11.6. The molecule has 0 radical (unpaired) electrons. The van der Waals surface area contributed by atoms with Crippen LogP contribution in [0.25, 0.3) is 0 Å². The number of hydrogen-bond donors (Lipinski definition) is 2. The second-order valence-corrected chi connectivity index (χ2v) is 7.43. The monoisotopic (exact) mass is 435 g/mol. The molecule has 1 atom stereocenters. The van der Waals surface area contributed by atoms with Crippen LogP contribution in [0.3, 0.4) is 0 Å². The number of amides is 2. The third kappa shape index (κ3) is 7.17. The Kier molecular flexibility index (Phi) is 9.30. The highest BCUT2D eigenvalue weighted by molar-refractivity contribution is 5.97. The van der Waals surface area contributed by atoms with Crippen molar-refractivity contribution in [1.29, 1.82) is 0 Å². The number of carbonyl (C=O) groups is 2. The minimum absolute atomic E-state index is 0.128. The average Bonchev–Trinajstić information content (AvgIpc) is 2.77. The first kappa shape index (κ1) is 24.5. The zero-order valence-electron chi connectivity index (χ0n) is 18.8. The van der Waals surface area contributed by atoms with Crippen LogP contribution in [-0.2, 0) is 4.79 Å². The standard InChI is InChI=1S/C25H29N3O4/c1-6-14-32-21-13-10-19(15-22(21)31-7-2)16-26-28-25(30)23(17(3)4)27-24(29)20-11-8-18(5)9-12-20/h1,8-13,15-17,23H,7,14H2,2-5H3,(H,27,29)(H,28,30). The van der Waals surface area contributed by atoms with Crippen molar-refractivity contribution >= 4 is 18.0 Å². The van der Waals surface area contributed by atoms with Crippen LogP contribution in [-0.4, -0.2) is 37.3 Å². The molecule has 32 heavy (non-hydrogen) atoms. The van der Waals surface area contributed by atoms with E-state index in [1.807, 2.05) is 39.8 Å². The minimum Gasteiger partial charge on any atom is -0.490 e. The van der Waals surface area contributed by atoms with Gasteiger partial charge in [-0.05, 0) is 55.7 Å². The highest BCUT2D eigenvalue weighted by Gasteiger charge is 2.24. The summed E-state index contributed by atoms with van der Waals surface area (Å²) >= 11 is 0. The maximum atomic E-state index is 12.6. The summed E-state index contributed by atoms with van der Waals surface area (Å²) in [4.78, 5) is 25.1. The molecule has 7 nitrogen and oxygen atoms in total. The molecule has 2 aromatic carbocycles. The van der Waals surface area contributed by atoms with Crippen molar-refractivity contribution in [2.24, 2.45) is 11.0 Å². The number of nitrogens with one attached hydrogen (secondary N) is 2. The predicted molar refractivity (Wildman–Crippen MR) is 125 cm³/mol. The fraction of sp³-hybridized carbons (Fsp3) is 0.320. The second-order valence-electron chi connectivity index (χ2n) is 7.43. The molecule has 0 aliphatic carbocycles. The maximum absolute atomic E-state index is 12.6. The van der Waals surface area contributed by atoms with Gasteiger partial charge in [0.1, 0.15) is 12.6 Å². The molecule has 168 valence electrons. The number of benzene rings is 2. The van der Waals surface area contributed by atoms with Gasteiger partial charge >= 0.3 is 0 Å². The van der Waals surface area contributed by atoms with Gasteiger partial charge in [-0.1, -0.05) is 37.5 Å². The zero-order valence-corrected chi connectivity index (χ0v) is 18.8. The number of ether oxygens (including phenoxy) is 2. The van der Waals surface area contributed by atoms with E-state index in [1.54, 1.807) is 30.3 Å². The van der Waals surface area contributed by atoms with Gasteiger partial charge in [0.15, 0.2) is 11.5 Å². The minimum atomic E-state index is -0.737. The molecule has 0 aliphatic heterocycles. The van der Waals surface area contributed by atoms with Gasteiger partial charge in [0, 0.05) is 5.56 Å². The number of carbonyl (C=O) groups excluding carboxylic acids is 2. The molecule has 0 aliphatic rings. The van der Waals surface area contributed by atoms with E-state index in [0.717, 1.165) is 5.56 Å². The van der Waals surface area contributed by atoms with Crippen molar-refractivity contribution in [1.82, 2.24) is 10.7 Å². The molecule has 2 aromatic rings. The van der Waals surface area contributed by atoms with Crippen molar-refractivity contribution in [2.75, 3.05) is 13.2 Å². The van der Waals surface area contributed by atoms with Crippen LogP contribution in [0.15, 0.2) is 47.6 Å². The molecule has 0 fully saturated rings. The lowest BCUT2D eigenvalue weighted by atomic mass is 10.0. The summed E-state index contributed by atoms with van der Waals surface area (Å²) < 4.78 is 11.0. The SMILES string of the molecule is C#CCOc1ccc(C=NNC(=O)C(NC(=O)c2ccc(C)cc2)C(C)C)cc1OCC. The Morgan fingerprint density at radius 1 is 1.12 bits per heavy atom. The lowest BCUT2D eigenvalue weighted by Crippen LogP contribution is -2.48. The lowest BCUT2D eigenvalue weighted by Gasteiger charge is -2.20. The van der Waals surface area contributed by atoms with Crippen LogP contribution in [0.2, 0.25) is 0 Å². The number of hydrogen-bond acceptors (Lipinski definition) is 5. The first-order valence-corrected chi connectivity index (χ1v) is 10.4. The smallest absolute Gasteiger partial charge is 0.262 e. The van der Waals surface area contributed by atoms with Crippen molar-refractivity contribution in [3.8, 4) is 23.8 Å². The molecule has 0 saturated heterocycles. The van der Waals surface area contributed by atoms with Crippen LogP contribution in [0.5, 0.6) is 11.5 Å². The fourth-order valence-corrected chi connectivity index (χ4v) is 2.82. The van der Waals surface area contributed by atoms with Crippen molar-refractivity contribution < 1.29 is 19.1 Å². The van der Waals surface area contributed by atoms with Gasteiger partial charge in [-0.25, -0.2) is 5.43 Å². The van der Waals surface area contributed by atoms with Crippen LogP contribution in [0.1, 0.15) is 42.3 Å². The fourth-order valence-electron chi connectivity index (χ4n) is 2.82. The molecule has 0 heterocycles. The molecule has 0 spiro atoms. The molecular weight excluding hydrogens is 406 g/mol. The third-order valence-corrected chi connectivity index (χ3v) is 4.52. The Balaban J connectivity index is 2.04. The van der Waals surface area contributed by atoms with E-state index in [1.165, 1.54) is 6.21 Å². The first-order chi connectivity index (χ1) is 15.3. The van der Waals surface area contributed by atoms with Gasteiger partial charge in [0.2, 0.25) is 0 Å². The number of hydrazone groups is 1. The quantitative estimate of drug-likeness (QED) is 0.340. The van der Waals surface area contributed by atoms with Gasteiger partial charge in [-0.15, -0.1) is 6.42 Å². The molecule has 0 saturated carbocycles. The van der Waals surface area contributed by atoms with E-state index in [9.17, 15) is 9.59 Å². The molecule has 0 aromatic heterocycles. The Bertz CT molecular complexity index is 991. The molecule has 0 bridgehead atoms. The van der Waals surface area contributed by atoms with Crippen molar-refractivity contribution in [3.05, 3.63) is 59.2 Å². The largest absolute Gasteiger partial charge is 0.490 e. The van der Waals surface area contributed by atoms with Crippen molar-refractivity contribution in [2.45, 2.75) is 33.7 Å². The summed E-state index contributed by atoms with van der Waals surface area (Å²) in [6, 6.07) is 11.7. The molecule has 2 rings (SSSR count). The van der Waals surface area contributed by atoms with Gasteiger partial charge in [0.25, 0.3) is 11.8 Å². The van der Waals surface area contributed by atoms with E-state index in [0.29, 0.717) is 29.2 Å². The van der Waals surface area contributed by atoms with E-state index < -0.39 is 11.9 Å². The Morgan fingerprint density at radius 3 is 2.47 bits per heavy atom. The topological polar surface area (TPSA) is 89.0 Å². The summed E-state index contributed by atoms with van der Waals surface area (Å²) in [6.07, 6.45) is 6.73. The molecule has 2 amide bonds. The van der Waals surface area contributed by atoms with Crippen LogP contribution in [0.4, 0.5) is 0 Å². The molecule has 2 N–H and O–H groups in total. The Labute approximate surface area is 189 Å². The lowest BCUT2D eigenvalue weighted by molar-refractivity contribution is -0.123. The number of rotatable bonds is 10. The van der Waals surface area contributed by atoms with Gasteiger partial charge in [-0.2, -0.15) is 5.10 Å². The highest BCUT2D eigenvalue weighted by Crippen LogP contribution is 2.28. The first-order valence-electron chi connectivity index (χ1n) is 10.4. The summed E-state index contributed by atoms with van der Waals surface area (Å²) in [5, 5.41) is 6.80. The number of nitrogens with zero attached hydrogens (tertiary/aromatic N) is 1. The molecule has 1 unspecified atom stereocenters. The molecule has 7 heteroatoms. The summed E-state index contributed by atoms with van der Waals surface area (Å²) in [5.41, 5.74) is 4.74. The van der Waals surface area contributed by atoms with Crippen LogP contribution >= 0.6 is 0 Å². The van der Waals surface area contributed by atoms with E-state index >= 15 is 0 Å². The van der Waals surface area contributed by atoms with Crippen LogP contribution < -0.4 is 20.2 Å². The number of aryl methyl sites for hydroxylation is 1. The Morgan fingerprint density at radius 2 is 1.84 bits per heavy atom. The van der Waals surface area contributed by atoms with E-state index in [4.69, 9.17) is 15.9 Å². The predicted octanol–water partition coefficient (Wildman–Crippen LogP) is 3.31. The van der Waals surface area contributed by atoms with E-state index in [2.05, 4.69) is 21.8 Å². The summed E-state index contributed by atoms with van der Waals surface area (Å²) in [5.74, 6) is 2.63. The number of terminal acetylenes is 1. The highest BCUT2D eigenvalue weighted by atomic mass is 16.5. The van der Waals surface area contributed by atoms with Crippen LogP contribution in [0, 0.1) is 25.2 Å². The summed E-state index contributed by atoms with van der Waals surface area (Å²) in [6.45, 7) is 8.11. The second kappa shape index (κ2) is 12.2. The third-order valence-electron chi connectivity index (χ3n) is 4.52. The zero-order chi connectivity index (χ0) is 23.5. The van der Waals surface area contributed by atoms with Crippen molar-refractivity contribution in [3.63, 3.8) is 0 Å². The average molecular weight is 436 g/mol. The van der Waals surface area contributed by atoms with Gasteiger partial charge < -0.3 is 14.8 Å². The van der Waals surface area contributed by atoms with E-state index in [-0.39, 0.29) is 18.4 Å². The summed E-state index contributed by atoms with van der Waals surface area (Å²) in [7, 11) is 0. The van der Waals surface area contributed by atoms with Gasteiger partial charge in [-0.3, -0.25) is 9.59 Å². The Hall–Kier alpha value is -3.79. The molecular formula is C25H29N3O4. The van der Waals surface area contributed by atoms with Gasteiger partial charge in [0.05, 0.1) is 12.8 Å².